The number of rotatable bonds is 7. The van der Waals surface area contributed by atoms with Crippen LogP contribution < -0.4 is 10.6 Å². The first-order chi connectivity index (χ1) is 12.8. The lowest BCUT2D eigenvalue weighted by Crippen LogP contribution is -2.22. The quantitative estimate of drug-likeness (QED) is 0.648. The summed E-state index contributed by atoms with van der Waals surface area (Å²) in [6.45, 7) is 3.45. The molecular weight excluding hydrogens is 412 g/mol. The van der Waals surface area contributed by atoms with Gasteiger partial charge in [-0.1, -0.05) is 34.1 Å². The summed E-state index contributed by atoms with van der Waals surface area (Å²) in [7, 11) is 0. The topological polar surface area (TPSA) is 84.5 Å². The highest BCUT2D eigenvalue weighted by molar-refractivity contribution is 9.10. The van der Waals surface area contributed by atoms with Gasteiger partial charge in [0.2, 0.25) is 5.91 Å². The zero-order chi connectivity index (χ0) is 19.8. The van der Waals surface area contributed by atoms with Crippen LogP contribution in [-0.4, -0.2) is 24.4 Å². The Morgan fingerprint density at radius 1 is 0.889 bits per heavy atom. The largest absolute Gasteiger partial charge is 0.456 e. The van der Waals surface area contributed by atoms with Gasteiger partial charge in [-0.3, -0.25) is 14.4 Å². The summed E-state index contributed by atoms with van der Waals surface area (Å²) in [4.78, 5) is 35.4. The number of halogens is 1. The lowest BCUT2D eigenvalue weighted by atomic mass is 10.1. The van der Waals surface area contributed by atoms with E-state index < -0.39 is 18.5 Å². The van der Waals surface area contributed by atoms with Crippen LogP contribution >= 0.6 is 15.9 Å². The molecule has 6 nitrogen and oxygen atoms in total. The van der Waals surface area contributed by atoms with Crippen molar-refractivity contribution in [2.24, 2.45) is 0 Å². The van der Waals surface area contributed by atoms with Gasteiger partial charge in [-0.2, -0.15) is 0 Å². The molecule has 27 heavy (non-hydrogen) atoms. The number of hydrogen-bond acceptors (Lipinski definition) is 4. The Hall–Kier alpha value is -2.67. The summed E-state index contributed by atoms with van der Waals surface area (Å²) < 4.78 is 5.91. The number of esters is 1. The van der Waals surface area contributed by atoms with Crippen LogP contribution in [-0.2, 0) is 19.1 Å². The van der Waals surface area contributed by atoms with Crippen molar-refractivity contribution < 1.29 is 19.1 Å². The smallest absolute Gasteiger partial charge is 0.306 e. The van der Waals surface area contributed by atoms with Gasteiger partial charge in [0.05, 0.1) is 6.42 Å². The Morgan fingerprint density at radius 2 is 1.48 bits per heavy atom. The fourth-order valence-electron chi connectivity index (χ4n) is 2.39. The predicted molar refractivity (Wildman–Crippen MR) is 108 cm³/mol. The third kappa shape index (κ3) is 6.86. The monoisotopic (exact) mass is 432 g/mol. The van der Waals surface area contributed by atoms with E-state index in [2.05, 4.69) is 26.6 Å². The maximum absolute atomic E-state index is 11.9. The van der Waals surface area contributed by atoms with Crippen LogP contribution in [0.1, 0.15) is 24.0 Å². The Balaban J connectivity index is 1.72. The van der Waals surface area contributed by atoms with Gasteiger partial charge >= 0.3 is 5.97 Å². The number of nitrogens with one attached hydrogen (secondary N) is 2. The van der Waals surface area contributed by atoms with Gasteiger partial charge in [0.15, 0.2) is 6.61 Å². The molecule has 0 spiro atoms. The van der Waals surface area contributed by atoms with Crippen molar-refractivity contribution in [3.05, 3.63) is 58.1 Å². The van der Waals surface area contributed by atoms with Crippen LogP contribution in [0.15, 0.2) is 46.9 Å². The molecule has 0 radical (unpaired) electrons. The van der Waals surface area contributed by atoms with Crippen molar-refractivity contribution in [2.75, 3.05) is 17.2 Å². The number of carbonyl (C=O) groups is 3. The molecule has 0 aliphatic heterocycles. The molecular formula is C20H21BrN2O4. The van der Waals surface area contributed by atoms with E-state index in [-0.39, 0.29) is 18.7 Å². The summed E-state index contributed by atoms with van der Waals surface area (Å²) in [5.74, 6) is -1.32. The fourth-order valence-corrected chi connectivity index (χ4v) is 2.62. The molecule has 0 heterocycles. The molecule has 0 aliphatic rings. The molecule has 0 unspecified atom stereocenters. The molecule has 0 saturated heterocycles. The maximum Gasteiger partial charge on any atom is 0.306 e. The molecule has 0 aromatic heterocycles. The van der Waals surface area contributed by atoms with Crippen molar-refractivity contribution in [2.45, 2.75) is 26.7 Å². The third-order valence-electron chi connectivity index (χ3n) is 3.70. The van der Waals surface area contributed by atoms with Crippen molar-refractivity contribution in [1.29, 1.82) is 0 Å². The Labute approximate surface area is 166 Å². The Bertz CT molecular complexity index is 814. The first-order valence-corrected chi connectivity index (χ1v) is 9.21. The van der Waals surface area contributed by atoms with Gasteiger partial charge in [0, 0.05) is 22.3 Å². The molecule has 0 fully saturated rings. The van der Waals surface area contributed by atoms with Gasteiger partial charge in [0.1, 0.15) is 0 Å². The highest BCUT2D eigenvalue weighted by Gasteiger charge is 2.11. The zero-order valence-electron chi connectivity index (χ0n) is 15.2. The van der Waals surface area contributed by atoms with E-state index in [4.69, 9.17) is 4.74 Å². The van der Waals surface area contributed by atoms with Crippen LogP contribution in [0.3, 0.4) is 0 Å². The molecule has 7 heteroatoms. The standard InChI is InChI=1S/C20H21BrN2O4/c1-13-10-16(11-14(2)20(13)21)23-18(25)12-27-19(26)9-8-17(24)22-15-6-4-3-5-7-15/h3-7,10-11H,8-9,12H2,1-2H3,(H,22,24)(H,23,25). The second-order valence-corrected chi connectivity index (χ2v) is 6.84. The zero-order valence-corrected chi connectivity index (χ0v) is 16.8. The molecule has 2 rings (SSSR count). The summed E-state index contributed by atoms with van der Waals surface area (Å²) in [5, 5.41) is 5.37. The van der Waals surface area contributed by atoms with E-state index in [9.17, 15) is 14.4 Å². The van der Waals surface area contributed by atoms with Crippen LogP contribution in [0.2, 0.25) is 0 Å². The average Bonchev–Trinajstić information content (AvgIpc) is 2.63. The van der Waals surface area contributed by atoms with E-state index in [1.807, 2.05) is 32.0 Å². The molecule has 0 bridgehead atoms. The number of anilines is 2. The minimum absolute atomic E-state index is 0.0134. The molecule has 2 amide bonds. The van der Waals surface area contributed by atoms with Crippen LogP contribution in [0.25, 0.3) is 0 Å². The van der Waals surface area contributed by atoms with Crippen LogP contribution in [0.4, 0.5) is 11.4 Å². The van der Waals surface area contributed by atoms with Gasteiger partial charge in [-0.05, 0) is 49.2 Å². The minimum atomic E-state index is -0.600. The van der Waals surface area contributed by atoms with E-state index in [0.29, 0.717) is 11.4 Å². The number of amides is 2. The van der Waals surface area contributed by atoms with Crippen LogP contribution in [0.5, 0.6) is 0 Å². The molecule has 0 aliphatic carbocycles. The molecule has 0 atom stereocenters. The van der Waals surface area contributed by atoms with Crippen molar-refractivity contribution in [3.63, 3.8) is 0 Å². The highest BCUT2D eigenvalue weighted by Crippen LogP contribution is 2.24. The number of aryl methyl sites for hydroxylation is 2. The maximum atomic E-state index is 11.9. The average molecular weight is 433 g/mol. The normalized spacial score (nSPS) is 10.2. The Kier molecular flexibility index (Phi) is 7.55. The van der Waals surface area contributed by atoms with E-state index >= 15 is 0 Å². The molecule has 2 N–H and O–H groups in total. The van der Waals surface area contributed by atoms with E-state index in [0.717, 1.165) is 15.6 Å². The number of carbonyl (C=O) groups excluding carboxylic acids is 3. The van der Waals surface area contributed by atoms with Crippen molar-refractivity contribution in [1.82, 2.24) is 0 Å². The lowest BCUT2D eigenvalue weighted by molar-refractivity contribution is -0.147. The van der Waals surface area contributed by atoms with Gasteiger partial charge < -0.3 is 15.4 Å². The van der Waals surface area contributed by atoms with Gasteiger partial charge in [0.25, 0.3) is 5.91 Å². The van der Waals surface area contributed by atoms with Gasteiger partial charge in [-0.25, -0.2) is 0 Å². The van der Waals surface area contributed by atoms with Crippen molar-refractivity contribution in [3.8, 4) is 0 Å². The van der Waals surface area contributed by atoms with Gasteiger partial charge in [-0.15, -0.1) is 0 Å². The molecule has 0 saturated carbocycles. The second-order valence-electron chi connectivity index (χ2n) is 6.05. The first kappa shape index (κ1) is 20.6. The van der Waals surface area contributed by atoms with Crippen LogP contribution in [0, 0.1) is 13.8 Å². The number of hydrogen-bond donors (Lipinski definition) is 2. The Morgan fingerprint density at radius 3 is 2.11 bits per heavy atom. The fraction of sp³-hybridized carbons (Fsp3) is 0.250. The summed E-state index contributed by atoms with van der Waals surface area (Å²) in [6, 6.07) is 12.6. The SMILES string of the molecule is Cc1cc(NC(=O)COC(=O)CCC(=O)Nc2ccccc2)cc(C)c1Br. The molecule has 2 aromatic carbocycles. The predicted octanol–water partition coefficient (Wildman–Crippen LogP) is 3.97. The number of para-hydroxylation sites is 1. The molecule has 142 valence electrons. The summed E-state index contributed by atoms with van der Waals surface area (Å²) in [6.07, 6.45) is -0.108. The number of ether oxygens (including phenoxy) is 1. The highest BCUT2D eigenvalue weighted by atomic mass is 79.9. The van der Waals surface area contributed by atoms with E-state index in [1.165, 1.54) is 0 Å². The lowest BCUT2D eigenvalue weighted by Gasteiger charge is -2.10. The molecule has 2 aromatic rings. The first-order valence-electron chi connectivity index (χ1n) is 8.42. The van der Waals surface area contributed by atoms with Crippen molar-refractivity contribution >= 4 is 45.1 Å². The number of benzene rings is 2. The summed E-state index contributed by atoms with van der Waals surface area (Å²) >= 11 is 3.46. The second kappa shape index (κ2) is 9.87. The third-order valence-corrected chi connectivity index (χ3v) is 4.95. The van der Waals surface area contributed by atoms with E-state index in [1.54, 1.807) is 24.3 Å². The minimum Gasteiger partial charge on any atom is -0.456 e. The summed E-state index contributed by atoms with van der Waals surface area (Å²) in [5.41, 5.74) is 3.28.